The standard InChI is InChI=1S/C29H60NO8P/c1-5-6-7-8-9-10-11-12-13-14-15-16-17-19-23-35-26-28(36-24-20-18-21-29(31)32)27-38-39(33,34)37-25-22-30(2,3)4/h28H,5-27H2,1-4H3,(H-,31,32,33,34). The molecule has 0 aromatic rings. The number of rotatable bonds is 30. The van der Waals surface area contributed by atoms with Crippen LogP contribution in [0.25, 0.3) is 0 Å². The van der Waals surface area contributed by atoms with E-state index in [1.807, 2.05) is 21.1 Å². The first-order valence-corrected chi connectivity index (χ1v) is 16.8. The molecule has 0 aliphatic heterocycles. The number of nitrogens with zero attached hydrogens (tertiary/aromatic N) is 1. The van der Waals surface area contributed by atoms with Crippen LogP contribution in [0, 0.1) is 0 Å². The zero-order chi connectivity index (χ0) is 29.2. The van der Waals surface area contributed by atoms with E-state index in [0.29, 0.717) is 37.1 Å². The summed E-state index contributed by atoms with van der Waals surface area (Å²) in [4.78, 5) is 22.8. The van der Waals surface area contributed by atoms with E-state index in [4.69, 9.17) is 23.6 Å². The number of carboxylic acids is 1. The highest BCUT2D eigenvalue weighted by atomic mass is 31.2. The molecular weight excluding hydrogens is 521 g/mol. The zero-order valence-corrected chi connectivity index (χ0v) is 26.4. The van der Waals surface area contributed by atoms with E-state index in [2.05, 4.69) is 6.92 Å². The molecule has 39 heavy (non-hydrogen) atoms. The summed E-state index contributed by atoms with van der Waals surface area (Å²) in [5.41, 5.74) is 0. The number of carboxylic acid groups (broad SMARTS) is 1. The summed E-state index contributed by atoms with van der Waals surface area (Å²) < 4.78 is 34.2. The van der Waals surface area contributed by atoms with Crippen molar-refractivity contribution in [2.24, 2.45) is 0 Å². The number of quaternary nitrogens is 1. The predicted octanol–water partition coefficient (Wildman–Crippen LogP) is 6.33. The molecule has 234 valence electrons. The highest BCUT2D eigenvalue weighted by Gasteiger charge is 2.18. The Morgan fingerprint density at radius 3 is 1.77 bits per heavy atom. The van der Waals surface area contributed by atoms with Gasteiger partial charge in [0, 0.05) is 19.6 Å². The fraction of sp³-hybridized carbons (Fsp3) is 0.966. The van der Waals surface area contributed by atoms with E-state index in [9.17, 15) is 14.3 Å². The molecule has 9 nitrogen and oxygen atoms in total. The molecule has 0 radical (unpaired) electrons. The van der Waals surface area contributed by atoms with Gasteiger partial charge in [-0.25, -0.2) is 0 Å². The van der Waals surface area contributed by atoms with Crippen LogP contribution in [0.3, 0.4) is 0 Å². The summed E-state index contributed by atoms with van der Waals surface area (Å²) in [6, 6.07) is 0. The van der Waals surface area contributed by atoms with Gasteiger partial charge in [0.2, 0.25) is 0 Å². The van der Waals surface area contributed by atoms with Crippen molar-refractivity contribution in [1.82, 2.24) is 0 Å². The Bertz CT molecular complexity index is 615. The van der Waals surface area contributed by atoms with Crippen molar-refractivity contribution in [2.75, 3.05) is 60.7 Å². The summed E-state index contributed by atoms with van der Waals surface area (Å²) in [7, 11) is 1.40. The number of hydrogen-bond acceptors (Lipinski definition) is 7. The fourth-order valence-electron chi connectivity index (χ4n) is 4.02. The highest BCUT2D eigenvalue weighted by molar-refractivity contribution is 7.45. The second-order valence-electron chi connectivity index (χ2n) is 11.6. The summed E-state index contributed by atoms with van der Waals surface area (Å²) in [6.07, 6.45) is 18.7. The molecule has 0 aromatic carbocycles. The number of carbonyl (C=O) groups is 1. The van der Waals surface area contributed by atoms with Gasteiger partial charge in [-0.1, -0.05) is 90.4 Å². The van der Waals surface area contributed by atoms with Gasteiger partial charge in [0.1, 0.15) is 19.3 Å². The highest BCUT2D eigenvalue weighted by Crippen LogP contribution is 2.38. The van der Waals surface area contributed by atoms with Gasteiger partial charge in [-0.2, -0.15) is 0 Å². The van der Waals surface area contributed by atoms with E-state index < -0.39 is 19.9 Å². The fourth-order valence-corrected chi connectivity index (χ4v) is 4.75. The molecule has 0 saturated carbocycles. The number of aliphatic carboxylic acids is 1. The van der Waals surface area contributed by atoms with Crippen molar-refractivity contribution in [3.8, 4) is 0 Å². The van der Waals surface area contributed by atoms with Gasteiger partial charge >= 0.3 is 5.97 Å². The van der Waals surface area contributed by atoms with Crippen LogP contribution in [0.15, 0.2) is 0 Å². The Kier molecular flexibility index (Phi) is 24.8. The first-order valence-electron chi connectivity index (χ1n) is 15.4. The van der Waals surface area contributed by atoms with E-state index >= 15 is 0 Å². The lowest BCUT2D eigenvalue weighted by Gasteiger charge is -2.28. The van der Waals surface area contributed by atoms with Gasteiger partial charge in [0.05, 0.1) is 34.4 Å². The second-order valence-corrected chi connectivity index (χ2v) is 13.0. The van der Waals surface area contributed by atoms with E-state index in [1.165, 1.54) is 77.0 Å². The van der Waals surface area contributed by atoms with Crippen LogP contribution in [0.2, 0.25) is 0 Å². The van der Waals surface area contributed by atoms with Crippen molar-refractivity contribution < 1.29 is 42.4 Å². The number of unbranched alkanes of at least 4 members (excludes halogenated alkanes) is 14. The molecule has 0 bridgehead atoms. The second kappa shape index (κ2) is 25.2. The minimum Gasteiger partial charge on any atom is -0.756 e. The SMILES string of the molecule is CCCCCCCCCCCCCCCCOCC(COP(=O)([O-])OCC[N+](C)(C)C)OCCCCC(=O)O. The Hall–Kier alpha value is -0.540. The Morgan fingerprint density at radius 2 is 1.26 bits per heavy atom. The van der Waals surface area contributed by atoms with Crippen LogP contribution >= 0.6 is 7.82 Å². The quantitative estimate of drug-likeness (QED) is 0.0594. The van der Waals surface area contributed by atoms with Crippen molar-refractivity contribution >= 4 is 13.8 Å². The third-order valence-corrected chi connectivity index (χ3v) is 7.48. The number of ether oxygens (including phenoxy) is 2. The number of hydrogen-bond donors (Lipinski definition) is 1. The normalized spacial score (nSPS) is 14.4. The molecule has 0 spiro atoms. The Morgan fingerprint density at radius 1 is 0.744 bits per heavy atom. The van der Waals surface area contributed by atoms with Gasteiger partial charge < -0.3 is 33.0 Å². The minimum absolute atomic E-state index is 0.0423. The summed E-state index contributed by atoms with van der Waals surface area (Å²) >= 11 is 0. The smallest absolute Gasteiger partial charge is 0.303 e. The minimum atomic E-state index is -4.44. The van der Waals surface area contributed by atoms with Gasteiger partial charge in [-0.3, -0.25) is 9.36 Å². The molecule has 0 fully saturated rings. The van der Waals surface area contributed by atoms with Crippen molar-refractivity contribution in [3.63, 3.8) is 0 Å². The van der Waals surface area contributed by atoms with Crippen LogP contribution < -0.4 is 4.89 Å². The molecule has 0 aliphatic carbocycles. The molecule has 0 aromatic heterocycles. The summed E-state index contributed by atoms with van der Waals surface area (Å²) in [5.74, 6) is -0.843. The molecular formula is C29H60NO8P. The van der Waals surface area contributed by atoms with Crippen molar-refractivity contribution in [1.29, 1.82) is 0 Å². The Labute approximate surface area is 239 Å². The molecule has 0 rings (SSSR count). The van der Waals surface area contributed by atoms with Crippen molar-refractivity contribution in [2.45, 2.75) is 122 Å². The molecule has 0 heterocycles. The first kappa shape index (κ1) is 38.5. The summed E-state index contributed by atoms with van der Waals surface area (Å²) in [6.45, 7) is 3.76. The number of phosphoric ester groups is 1. The lowest BCUT2D eigenvalue weighted by atomic mass is 10.0. The predicted molar refractivity (Wildman–Crippen MR) is 155 cm³/mol. The molecule has 1 N–H and O–H groups in total. The van der Waals surface area contributed by atoms with Crippen LogP contribution in [-0.4, -0.2) is 82.4 Å². The van der Waals surface area contributed by atoms with Gasteiger partial charge in [0.25, 0.3) is 7.82 Å². The topological polar surface area (TPSA) is 114 Å². The molecule has 0 aliphatic rings. The van der Waals surface area contributed by atoms with Gasteiger partial charge in [-0.05, 0) is 19.3 Å². The van der Waals surface area contributed by atoms with Crippen LogP contribution in [0.5, 0.6) is 0 Å². The first-order chi connectivity index (χ1) is 18.6. The van der Waals surface area contributed by atoms with E-state index in [1.54, 1.807) is 0 Å². The maximum Gasteiger partial charge on any atom is 0.303 e. The van der Waals surface area contributed by atoms with Crippen LogP contribution in [-0.2, 0) is 27.9 Å². The number of phosphoric acid groups is 1. The average molecular weight is 582 g/mol. The monoisotopic (exact) mass is 581 g/mol. The Balaban J connectivity index is 4.02. The third-order valence-electron chi connectivity index (χ3n) is 6.51. The molecule has 0 amide bonds. The largest absolute Gasteiger partial charge is 0.756 e. The molecule has 0 saturated heterocycles. The molecule has 10 heteroatoms. The number of likely N-dealkylation sites (N-methyl/N-ethyl adjacent to an activating group) is 1. The maximum absolute atomic E-state index is 12.1. The molecule has 2 unspecified atom stereocenters. The van der Waals surface area contributed by atoms with Crippen molar-refractivity contribution in [3.05, 3.63) is 0 Å². The van der Waals surface area contributed by atoms with E-state index in [0.717, 1.165) is 12.8 Å². The lowest BCUT2D eigenvalue weighted by Crippen LogP contribution is -2.37. The van der Waals surface area contributed by atoms with Gasteiger partial charge in [-0.15, -0.1) is 0 Å². The van der Waals surface area contributed by atoms with E-state index in [-0.39, 0.29) is 26.2 Å². The maximum atomic E-state index is 12.1. The third kappa shape index (κ3) is 30.3. The zero-order valence-electron chi connectivity index (χ0n) is 25.5. The van der Waals surface area contributed by atoms with Gasteiger partial charge in [0.15, 0.2) is 0 Å². The van der Waals surface area contributed by atoms with Crippen LogP contribution in [0.1, 0.15) is 116 Å². The summed E-state index contributed by atoms with van der Waals surface area (Å²) in [5, 5.41) is 8.76. The molecule has 2 atom stereocenters. The van der Waals surface area contributed by atoms with Crippen LogP contribution in [0.4, 0.5) is 0 Å². The lowest BCUT2D eigenvalue weighted by molar-refractivity contribution is -0.870. The average Bonchev–Trinajstić information content (AvgIpc) is 2.85.